The lowest BCUT2D eigenvalue weighted by atomic mass is 10.1. The van der Waals surface area contributed by atoms with Gasteiger partial charge in [0.05, 0.1) is 19.7 Å². The number of amides is 1. The highest BCUT2D eigenvalue weighted by Gasteiger charge is 2.22. The van der Waals surface area contributed by atoms with E-state index in [2.05, 4.69) is 5.32 Å². The van der Waals surface area contributed by atoms with Crippen LogP contribution in [0.2, 0.25) is 0 Å². The highest BCUT2D eigenvalue weighted by Crippen LogP contribution is 2.30. The maximum absolute atomic E-state index is 12.7. The van der Waals surface area contributed by atoms with E-state index in [1.54, 1.807) is 37.3 Å². The molecular formula is C20H20N2O6. The van der Waals surface area contributed by atoms with E-state index in [0.717, 1.165) is 0 Å². The van der Waals surface area contributed by atoms with Gasteiger partial charge in [-0.25, -0.2) is 4.79 Å². The first-order chi connectivity index (χ1) is 13.3. The first kappa shape index (κ1) is 19.2. The van der Waals surface area contributed by atoms with Gasteiger partial charge in [-0.1, -0.05) is 0 Å². The van der Waals surface area contributed by atoms with Gasteiger partial charge in [0.25, 0.3) is 0 Å². The summed E-state index contributed by atoms with van der Waals surface area (Å²) < 4.78 is 16.9. The number of oxazole rings is 1. The number of hydrogen-bond acceptors (Lipinski definition) is 6. The van der Waals surface area contributed by atoms with Crippen LogP contribution in [0.1, 0.15) is 30.2 Å². The fourth-order valence-electron chi connectivity index (χ4n) is 2.90. The summed E-state index contributed by atoms with van der Waals surface area (Å²) in [5.41, 5.74) is 1.61. The largest absolute Gasteiger partial charge is 0.493 e. The molecule has 0 aliphatic carbocycles. The Labute approximate surface area is 160 Å². The molecular weight excluding hydrogens is 364 g/mol. The Kier molecular flexibility index (Phi) is 5.21. The molecule has 0 fully saturated rings. The highest BCUT2D eigenvalue weighted by molar-refractivity contribution is 5.98. The minimum absolute atomic E-state index is 0.142. The number of methoxy groups -OCH3 is 2. The quantitative estimate of drug-likeness (QED) is 0.656. The van der Waals surface area contributed by atoms with E-state index in [1.807, 2.05) is 0 Å². The molecule has 0 saturated carbocycles. The number of hydrogen-bond donors (Lipinski definition) is 1. The molecule has 3 rings (SSSR count). The smallest absolute Gasteiger partial charge is 0.420 e. The summed E-state index contributed by atoms with van der Waals surface area (Å²) in [6.45, 7) is 3.01. The summed E-state index contributed by atoms with van der Waals surface area (Å²) in [5.74, 6) is -0.225. The van der Waals surface area contributed by atoms with Crippen molar-refractivity contribution in [3.05, 3.63) is 52.5 Å². The number of ether oxygens (including phenoxy) is 2. The van der Waals surface area contributed by atoms with Gasteiger partial charge in [0, 0.05) is 17.3 Å². The van der Waals surface area contributed by atoms with E-state index in [-0.39, 0.29) is 11.4 Å². The predicted octanol–water partition coefficient (Wildman–Crippen LogP) is 3.01. The van der Waals surface area contributed by atoms with Gasteiger partial charge in [-0.2, -0.15) is 0 Å². The van der Waals surface area contributed by atoms with Crippen LogP contribution in [0.4, 0.5) is 5.69 Å². The van der Waals surface area contributed by atoms with Crippen LogP contribution < -0.4 is 20.5 Å². The number of ketones is 1. The molecule has 1 amide bonds. The molecule has 28 heavy (non-hydrogen) atoms. The zero-order valence-corrected chi connectivity index (χ0v) is 15.9. The van der Waals surface area contributed by atoms with E-state index >= 15 is 0 Å². The van der Waals surface area contributed by atoms with Crippen molar-refractivity contribution in [2.45, 2.75) is 19.9 Å². The molecule has 1 heterocycles. The number of benzene rings is 2. The molecule has 1 N–H and O–H groups in total. The molecule has 8 nitrogen and oxygen atoms in total. The van der Waals surface area contributed by atoms with Crippen molar-refractivity contribution in [1.29, 1.82) is 0 Å². The summed E-state index contributed by atoms with van der Waals surface area (Å²) in [6.07, 6.45) is 0. The van der Waals surface area contributed by atoms with Crippen LogP contribution >= 0.6 is 0 Å². The zero-order chi connectivity index (χ0) is 20.4. The minimum Gasteiger partial charge on any atom is -0.493 e. The van der Waals surface area contributed by atoms with Crippen LogP contribution in [-0.4, -0.2) is 30.5 Å². The summed E-state index contributed by atoms with van der Waals surface area (Å²) >= 11 is 0. The SMILES string of the molecule is COc1ccc(NC(=O)C(C)n2c(=O)oc3cc(C(C)=O)ccc32)cc1OC. The Morgan fingerprint density at radius 3 is 2.43 bits per heavy atom. The lowest BCUT2D eigenvalue weighted by Gasteiger charge is -2.15. The third-order valence-electron chi connectivity index (χ3n) is 4.44. The molecule has 1 unspecified atom stereocenters. The monoisotopic (exact) mass is 384 g/mol. The molecule has 1 aromatic heterocycles. The first-order valence-electron chi connectivity index (χ1n) is 8.54. The van der Waals surface area contributed by atoms with Gasteiger partial charge in [-0.15, -0.1) is 0 Å². The number of carbonyl (C=O) groups is 2. The fraction of sp³-hybridized carbons (Fsp3) is 0.250. The molecule has 0 spiro atoms. The van der Waals surface area contributed by atoms with Gasteiger partial charge in [-0.3, -0.25) is 14.2 Å². The summed E-state index contributed by atoms with van der Waals surface area (Å²) in [7, 11) is 3.02. The molecule has 2 aromatic carbocycles. The maximum atomic E-state index is 12.7. The summed E-state index contributed by atoms with van der Waals surface area (Å²) in [5, 5.41) is 2.75. The first-order valence-corrected chi connectivity index (χ1v) is 8.54. The molecule has 0 saturated heterocycles. The third kappa shape index (κ3) is 3.48. The molecule has 3 aromatic rings. The number of nitrogens with zero attached hydrogens (tertiary/aromatic N) is 1. The fourth-order valence-corrected chi connectivity index (χ4v) is 2.90. The van der Waals surface area contributed by atoms with Gasteiger partial charge < -0.3 is 19.2 Å². The number of carbonyl (C=O) groups excluding carboxylic acids is 2. The Balaban J connectivity index is 1.90. The maximum Gasteiger partial charge on any atom is 0.420 e. The van der Waals surface area contributed by atoms with Crippen LogP contribution in [0.3, 0.4) is 0 Å². The number of fused-ring (bicyclic) bond motifs is 1. The van der Waals surface area contributed by atoms with Crippen molar-refractivity contribution in [2.24, 2.45) is 0 Å². The normalized spacial score (nSPS) is 11.9. The Morgan fingerprint density at radius 2 is 1.79 bits per heavy atom. The second-order valence-electron chi connectivity index (χ2n) is 6.21. The standard InChI is InChI=1S/C20H20N2O6/c1-11(19(24)21-14-6-8-16(26-3)18(10-14)27-4)22-15-7-5-13(12(2)23)9-17(15)28-20(22)25/h5-11H,1-4H3,(H,21,24). The second kappa shape index (κ2) is 7.59. The predicted molar refractivity (Wildman–Crippen MR) is 103 cm³/mol. The number of aromatic nitrogens is 1. The molecule has 8 heteroatoms. The number of nitrogens with one attached hydrogen (secondary N) is 1. The summed E-state index contributed by atoms with van der Waals surface area (Å²) in [4.78, 5) is 36.5. The lowest BCUT2D eigenvalue weighted by molar-refractivity contribution is -0.118. The lowest BCUT2D eigenvalue weighted by Crippen LogP contribution is -2.29. The topological polar surface area (TPSA) is 99.8 Å². The Hall–Kier alpha value is -3.55. The van der Waals surface area contributed by atoms with Gasteiger partial charge in [-0.05, 0) is 44.2 Å². The van der Waals surface area contributed by atoms with E-state index in [0.29, 0.717) is 28.3 Å². The van der Waals surface area contributed by atoms with Gasteiger partial charge >= 0.3 is 5.76 Å². The van der Waals surface area contributed by atoms with Crippen LogP contribution in [0.5, 0.6) is 11.5 Å². The minimum atomic E-state index is -0.843. The number of anilines is 1. The van der Waals surface area contributed by atoms with E-state index in [4.69, 9.17) is 13.9 Å². The van der Waals surface area contributed by atoms with Crippen molar-refractivity contribution in [1.82, 2.24) is 4.57 Å². The molecule has 0 radical (unpaired) electrons. The molecule has 1 atom stereocenters. The number of rotatable bonds is 6. The molecule has 146 valence electrons. The zero-order valence-electron chi connectivity index (χ0n) is 15.9. The van der Waals surface area contributed by atoms with Crippen molar-refractivity contribution in [3.8, 4) is 11.5 Å². The van der Waals surface area contributed by atoms with Gasteiger partial charge in [0.2, 0.25) is 5.91 Å². The van der Waals surface area contributed by atoms with Crippen LogP contribution in [0, 0.1) is 0 Å². The summed E-state index contributed by atoms with van der Waals surface area (Å²) in [6, 6.07) is 8.80. The van der Waals surface area contributed by atoms with E-state index in [9.17, 15) is 14.4 Å². The van der Waals surface area contributed by atoms with Gasteiger partial charge in [0.1, 0.15) is 6.04 Å². The average Bonchev–Trinajstić information content (AvgIpc) is 3.01. The second-order valence-corrected chi connectivity index (χ2v) is 6.21. The van der Waals surface area contributed by atoms with E-state index < -0.39 is 17.7 Å². The van der Waals surface area contributed by atoms with E-state index in [1.165, 1.54) is 31.8 Å². The van der Waals surface area contributed by atoms with Crippen molar-refractivity contribution in [3.63, 3.8) is 0 Å². The number of Topliss-reactive ketones (excluding diaryl/α,β-unsaturated/α-hetero) is 1. The van der Waals surface area contributed by atoms with Crippen molar-refractivity contribution < 1.29 is 23.5 Å². The molecule has 0 bridgehead atoms. The van der Waals surface area contributed by atoms with Crippen LogP contribution in [-0.2, 0) is 4.79 Å². The third-order valence-corrected chi connectivity index (χ3v) is 4.44. The van der Waals surface area contributed by atoms with Crippen LogP contribution in [0.25, 0.3) is 11.1 Å². The molecule has 0 aliphatic heterocycles. The highest BCUT2D eigenvalue weighted by atomic mass is 16.5. The Morgan fingerprint density at radius 1 is 1.07 bits per heavy atom. The molecule has 0 aliphatic rings. The van der Waals surface area contributed by atoms with Crippen molar-refractivity contribution >= 4 is 28.5 Å². The average molecular weight is 384 g/mol. The van der Waals surface area contributed by atoms with Gasteiger partial charge in [0.15, 0.2) is 22.9 Å². The van der Waals surface area contributed by atoms with Crippen LogP contribution in [0.15, 0.2) is 45.6 Å². The van der Waals surface area contributed by atoms with Crippen molar-refractivity contribution in [2.75, 3.05) is 19.5 Å². The Bertz CT molecular complexity index is 1110.